The zero-order chi connectivity index (χ0) is 15.9. The Labute approximate surface area is 145 Å². The van der Waals surface area contributed by atoms with Crippen LogP contribution in [-0.4, -0.2) is 29.7 Å². The van der Waals surface area contributed by atoms with Gasteiger partial charge in [-0.3, -0.25) is 0 Å². The van der Waals surface area contributed by atoms with Crippen molar-refractivity contribution in [2.24, 2.45) is 0 Å². The quantitative estimate of drug-likeness (QED) is 0.447. The van der Waals surface area contributed by atoms with Crippen molar-refractivity contribution in [2.75, 3.05) is 13.2 Å². The van der Waals surface area contributed by atoms with E-state index < -0.39 is 0 Å². The van der Waals surface area contributed by atoms with Gasteiger partial charge < -0.3 is 26.5 Å². The summed E-state index contributed by atoms with van der Waals surface area (Å²) in [5, 5.41) is 0. The van der Waals surface area contributed by atoms with Crippen LogP contribution in [0.15, 0.2) is 43.0 Å². The van der Waals surface area contributed by atoms with Gasteiger partial charge in [0.05, 0.1) is 6.61 Å². The van der Waals surface area contributed by atoms with Gasteiger partial charge in [0.15, 0.2) is 6.61 Å². The lowest BCUT2D eigenvalue weighted by Crippen LogP contribution is -3.00. The van der Waals surface area contributed by atoms with Crippen LogP contribution < -0.4 is 26.3 Å². The molecule has 0 saturated carbocycles. The topological polar surface area (TPSA) is 61.4 Å². The number of nitrogens with zero attached hydrogens (tertiary/aromatic N) is 2. The molecule has 0 fully saturated rings. The predicted molar refractivity (Wildman–Crippen MR) is 78.6 cm³/mol. The van der Waals surface area contributed by atoms with E-state index in [4.69, 9.17) is 9.47 Å². The molecule has 7 heteroatoms. The van der Waals surface area contributed by atoms with Gasteiger partial charge >= 0.3 is 11.9 Å². The smallest absolute Gasteiger partial charge is 0.344 e. The van der Waals surface area contributed by atoms with E-state index in [1.54, 1.807) is 31.6 Å². The second kappa shape index (κ2) is 9.09. The van der Waals surface area contributed by atoms with Crippen LogP contribution in [0.4, 0.5) is 0 Å². The number of rotatable bonds is 6. The maximum absolute atomic E-state index is 11.2. The Kier molecular flexibility index (Phi) is 7.47. The van der Waals surface area contributed by atoms with Crippen LogP contribution in [0.25, 0.3) is 0 Å². The Balaban J connectivity index is 0.00000264. The standard InChI is InChI=1S/C16H19N2O4.BrH/c1-3-21-16(20)11-22-15-6-4-14(5-7-15)10-17-8-9-18(12-17)13(2)19;/h4-9,12H,3,10-11H2,1-2H3;1H/q+1;/p-1. The number of carbonyl (C=O) groups is 2. The van der Waals surface area contributed by atoms with Crippen molar-refractivity contribution in [2.45, 2.75) is 20.4 Å². The number of ether oxygens (including phenoxy) is 2. The highest BCUT2D eigenvalue weighted by atomic mass is 79.9. The summed E-state index contributed by atoms with van der Waals surface area (Å²) in [5.41, 5.74) is 1.06. The molecule has 0 bridgehead atoms. The summed E-state index contributed by atoms with van der Waals surface area (Å²) in [4.78, 5) is 22.4. The summed E-state index contributed by atoms with van der Waals surface area (Å²) in [6.45, 7) is 4.17. The second-order valence-corrected chi connectivity index (χ2v) is 4.75. The van der Waals surface area contributed by atoms with E-state index in [-0.39, 0.29) is 35.5 Å². The highest BCUT2D eigenvalue weighted by Gasteiger charge is 2.08. The molecule has 2 rings (SSSR count). The van der Waals surface area contributed by atoms with Gasteiger partial charge in [-0.1, -0.05) is 12.1 Å². The number of benzene rings is 1. The molecule has 2 aromatic rings. The molecule has 1 heterocycles. The number of hydrogen-bond acceptors (Lipinski definition) is 4. The van der Waals surface area contributed by atoms with Crippen molar-refractivity contribution in [3.8, 4) is 5.75 Å². The Morgan fingerprint density at radius 2 is 1.91 bits per heavy atom. The molecule has 0 saturated heterocycles. The fourth-order valence-corrected chi connectivity index (χ4v) is 1.92. The molecule has 0 spiro atoms. The third kappa shape index (κ3) is 5.86. The Morgan fingerprint density at radius 3 is 2.48 bits per heavy atom. The van der Waals surface area contributed by atoms with Gasteiger partial charge in [-0.25, -0.2) is 14.2 Å². The minimum absolute atomic E-state index is 0. The number of aromatic nitrogens is 2. The summed E-state index contributed by atoms with van der Waals surface area (Å²) in [6.07, 6.45) is 5.30. The lowest BCUT2D eigenvalue weighted by atomic mass is 10.2. The summed E-state index contributed by atoms with van der Waals surface area (Å²) in [5.74, 6) is 0.206. The molecule has 6 nitrogen and oxygen atoms in total. The maximum Gasteiger partial charge on any atom is 0.344 e. The maximum atomic E-state index is 11.2. The molecule has 0 aliphatic carbocycles. The minimum Gasteiger partial charge on any atom is -1.00 e. The molecular weight excluding hydrogens is 364 g/mol. The van der Waals surface area contributed by atoms with Crippen molar-refractivity contribution in [3.05, 3.63) is 48.5 Å². The van der Waals surface area contributed by atoms with Crippen molar-refractivity contribution in [3.63, 3.8) is 0 Å². The molecule has 0 radical (unpaired) electrons. The molecule has 0 amide bonds. The summed E-state index contributed by atoms with van der Waals surface area (Å²) >= 11 is 0. The van der Waals surface area contributed by atoms with Gasteiger partial charge in [0.25, 0.3) is 6.33 Å². The molecule has 124 valence electrons. The Morgan fingerprint density at radius 1 is 1.22 bits per heavy atom. The number of carbonyl (C=O) groups excluding carboxylic acids is 2. The highest BCUT2D eigenvalue weighted by molar-refractivity contribution is 5.71. The van der Waals surface area contributed by atoms with Crippen LogP contribution >= 0.6 is 0 Å². The molecule has 0 N–H and O–H groups in total. The van der Waals surface area contributed by atoms with Crippen molar-refractivity contribution in [1.82, 2.24) is 4.57 Å². The average molecular weight is 383 g/mol. The van der Waals surface area contributed by atoms with Crippen molar-refractivity contribution in [1.29, 1.82) is 0 Å². The van der Waals surface area contributed by atoms with Gasteiger partial charge in [-0.05, 0) is 24.6 Å². The SMILES string of the molecule is CCOC(=O)COc1ccc(Cn2cc[n+](C(C)=O)c2)cc1.[Br-]. The first-order chi connectivity index (χ1) is 10.6. The second-order valence-electron chi connectivity index (χ2n) is 4.75. The zero-order valence-corrected chi connectivity index (χ0v) is 14.7. The average Bonchev–Trinajstić information content (AvgIpc) is 2.96. The number of imidazole rings is 1. The minimum atomic E-state index is -0.382. The van der Waals surface area contributed by atoms with E-state index >= 15 is 0 Å². The third-order valence-electron chi connectivity index (χ3n) is 3.01. The van der Waals surface area contributed by atoms with E-state index in [1.165, 1.54) is 11.5 Å². The van der Waals surface area contributed by atoms with Crippen molar-refractivity contribution < 1.29 is 40.6 Å². The molecular formula is C16H19BrN2O4. The van der Waals surface area contributed by atoms with Gasteiger partial charge in [-0.15, -0.1) is 0 Å². The van der Waals surface area contributed by atoms with E-state index in [0.29, 0.717) is 18.9 Å². The van der Waals surface area contributed by atoms with E-state index in [1.807, 2.05) is 22.9 Å². The van der Waals surface area contributed by atoms with Crippen LogP contribution in [0.2, 0.25) is 0 Å². The first kappa shape index (κ1) is 18.9. The van der Waals surface area contributed by atoms with Crippen LogP contribution in [-0.2, 0) is 16.1 Å². The fraction of sp³-hybridized carbons (Fsp3) is 0.312. The molecule has 0 aliphatic rings. The van der Waals surface area contributed by atoms with Crippen LogP contribution in [0.1, 0.15) is 24.2 Å². The highest BCUT2D eigenvalue weighted by Crippen LogP contribution is 2.13. The summed E-state index contributed by atoms with van der Waals surface area (Å²) in [6, 6.07) is 7.44. The molecule has 0 atom stereocenters. The normalized spacial score (nSPS) is 9.83. The largest absolute Gasteiger partial charge is 1.00 e. The van der Waals surface area contributed by atoms with Gasteiger partial charge in [0, 0.05) is 6.92 Å². The van der Waals surface area contributed by atoms with Gasteiger partial charge in [0.1, 0.15) is 24.7 Å². The lowest BCUT2D eigenvalue weighted by Gasteiger charge is -2.06. The fourth-order valence-electron chi connectivity index (χ4n) is 1.92. The Hall–Kier alpha value is -2.15. The van der Waals surface area contributed by atoms with Crippen LogP contribution in [0.3, 0.4) is 0 Å². The molecule has 1 aromatic heterocycles. The predicted octanol–water partition coefficient (Wildman–Crippen LogP) is -1.57. The third-order valence-corrected chi connectivity index (χ3v) is 3.01. The van der Waals surface area contributed by atoms with Crippen LogP contribution in [0, 0.1) is 0 Å². The number of halogens is 1. The number of hydrogen-bond donors (Lipinski definition) is 0. The lowest BCUT2D eigenvalue weighted by molar-refractivity contribution is -0.572. The van der Waals surface area contributed by atoms with E-state index in [9.17, 15) is 9.59 Å². The first-order valence-corrected chi connectivity index (χ1v) is 7.04. The Bertz CT molecular complexity index is 652. The van der Waals surface area contributed by atoms with Gasteiger partial charge in [-0.2, -0.15) is 4.57 Å². The first-order valence-electron chi connectivity index (χ1n) is 7.04. The summed E-state index contributed by atoms with van der Waals surface area (Å²) in [7, 11) is 0. The monoisotopic (exact) mass is 382 g/mol. The van der Waals surface area contributed by atoms with Gasteiger partial charge in [0.2, 0.25) is 0 Å². The molecule has 0 aliphatic heterocycles. The zero-order valence-electron chi connectivity index (χ0n) is 13.1. The molecule has 0 unspecified atom stereocenters. The van der Waals surface area contributed by atoms with E-state index in [2.05, 4.69) is 0 Å². The summed E-state index contributed by atoms with van der Waals surface area (Å²) < 4.78 is 13.6. The molecule has 23 heavy (non-hydrogen) atoms. The van der Waals surface area contributed by atoms with E-state index in [0.717, 1.165) is 5.56 Å². The number of esters is 1. The van der Waals surface area contributed by atoms with Crippen molar-refractivity contribution >= 4 is 11.9 Å². The van der Waals surface area contributed by atoms with Crippen LogP contribution in [0.5, 0.6) is 5.75 Å². The molecule has 1 aromatic carbocycles.